The maximum atomic E-state index is 11.3. The van der Waals surface area contributed by atoms with Crippen LogP contribution in [0.4, 0.5) is 5.82 Å². The molecule has 0 saturated heterocycles. The van der Waals surface area contributed by atoms with Crippen LogP contribution in [0.2, 0.25) is 0 Å². The molecule has 0 aliphatic carbocycles. The molecule has 1 aromatic heterocycles. The van der Waals surface area contributed by atoms with E-state index in [1.807, 2.05) is 13.8 Å². The Kier molecular flexibility index (Phi) is 5.03. The van der Waals surface area contributed by atoms with Crippen molar-refractivity contribution in [2.24, 2.45) is 0 Å². The van der Waals surface area contributed by atoms with Crippen LogP contribution in [0, 0.1) is 0 Å². The van der Waals surface area contributed by atoms with Crippen molar-refractivity contribution in [3.63, 3.8) is 0 Å². The predicted molar refractivity (Wildman–Crippen MR) is 67.4 cm³/mol. The molecule has 0 aromatic carbocycles. The summed E-state index contributed by atoms with van der Waals surface area (Å²) in [6.45, 7) is 4.20. The molecule has 0 bridgehead atoms. The second-order valence-electron chi connectivity index (χ2n) is 4.07. The quantitative estimate of drug-likeness (QED) is 0.742. The van der Waals surface area contributed by atoms with Gasteiger partial charge in [0.25, 0.3) is 0 Å². The van der Waals surface area contributed by atoms with Crippen LogP contribution in [0.15, 0.2) is 12.4 Å². The van der Waals surface area contributed by atoms with E-state index in [-0.39, 0.29) is 5.69 Å². The highest BCUT2D eigenvalue weighted by Crippen LogP contribution is 2.15. The molecule has 2 N–H and O–H groups in total. The number of ether oxygens (including phenoxy) is 1. The molecular weight excluding hydrogens is 234 g/mol. The fourth-order valence-corrected chi connectivity index (χ4v) is 1.41. The van der Waals surface area contributed by atoms with Crippen molar-refractivity contribution in [1.29, 1.82) is 0 Å². The molecule has 0 spiro atoms. The zero-order valence-electron chi connectivity index (χ0n) is 10.9. The van der Waals surface area contributed by atoms with Gasteiger partial charge in [0.1, 0.15) is 5.82 Å². The Morgan fingerprint density at radius 2 is 2.11 bits per heavy atom. The Balaban J connectivity index is 2.71. The number of nitrogens with zero attached hydrogens (tertiary/aromatic N) is 2. The minimum Gasteiger partial charge on any atom is -0.464 e. The third-order valence-electron chi connectivity index (χ3n) is 2.94. The Morgan fingerprint density at radius 1 is 1.44 bits per heavy atom. The highest BCUT2D eigenvalue weighted by Gasteiger charge is 2.22. The molecule has 18 heavy (non-hydrogen) atoms. The van der Waals surface area contributed by atoms with Crippen molar-refractivity contribution < 1.29 is 14.6 Å². The van der Waals surface area contributed by atoms with Gasteiger partial charge in [0.2, 0.25) is 0 Å². The molecule has 6 heteroatoms. The van der Waals surface area contributed by atoms with Crippen LogP contribution in [0.3, 0.4) is 0 Å². The van der Waals surface area contributed by atoms with E-state index in [2.05, 4.69) is 20.0 Å². The van der Waals surface area contributed by atoms with Crippen molar-refractivity contribution in [2.45, 2.75) is 32.3 Å². The van der Waals surface area contributed by atoms with Crippen LogP contribution in [0.25, 0.3) is 0 Å². The summed E-state index contributed by atoms with van der Waals surface area (Å²) in [4.78, 5) is 19.2. The summed E-state index contributed by atoms with van der Waals surface area (Å²) in [6.07, 6.45) is 4.11. The Bertz CT molecular complexity index is 405. The van der Waals surface area contributed by atoms with Gasteiger partial charge in [-0.25, -0.2) is 9.78 Å². The first-order chi connectivity index (χ1) is 8.54. The summed E-state index contributed by atoms with van der Waals surface area (Å²) in [7, 11) is 1.29. The number of esters is 1. The van der Waals surface area contributed by atoms with E-state index >= 15 is 0 Å². The van der Waals surface area contributed by atoms with Crippen molar-refractivity contribution in [3.05, 3.63) is 18.1 Å². The van der Waals surface area contributed by atoms with Gasteiger partial charge in [0, 0.05) is 6.54 Å². The molecule has 0 atom stereocenters. The highest BCUT2D eigenvalue weighted by molar-refractivity contribution is 5.87. The molecule has 0 unspecified atom stereocenters. The monoisotopic (exact) mass is 253 g/mol. The van der Waals surface area contributed by atoms with Gasteiger partial charge in [0.05, 0.1) is 25.1 Å². The number of anilines is 1. The third-order valence-corrected chi connectivity index (χ3v) is 2.94. The van der Waals surface area contributed by atoms with Crippen molar-refractivity contribution in [1.82, 2.24) is 9.97 Å². The maximum Gasteiger partial charge on any atom is 0.358 e. The zero-order valence-corrected chi connectivity index (χ0v) is 10.9. The van der Waals surface area contributed by atoms with E-state index in [1.165, 1.54) is 19.5 Å². The van der Waals surface area contributed by atoms with Crippen molar-refractivity contribution in [2.75, 3.05) is 19.0 Å². The zero-order chi connectivity index (χ0) is 13.6. The van der Waals surface area contributed by atoms with Gasteiger partial charge < -0.3 is 15.2 Å². The minimum absolute atomic E-state index is 0.138. The van der Waals surface area contributed by atoms with Crippen molar-refractivity contribution >= 4 is 11.8 Å². The first-order valence-electron chi connectivity index (χ1n) is 5.91. The highest BCUT2D eigenvalue weighted by atomic mass is 16.5. The van der Waals surface area contributed by atoms with Gasteiger partial charge in [-0.15, -0.1) is 0 Å². The van der Waals surface area contributed by atoms with Gasteiger partial charge >= 0.3 is 5.97 Å². The SMILES string of the molecule is CCC(O)(CC)CNc1cncc(C(=O)OC)n1. The Hall–Kier alpha value is -1.69. The van der Waals surface area contributed by atoms with Gasteiger partial charge in [0.15, 0.2) is 5.69 Å². The molecule has 1 heterocycles. The molecule has 0 fully saturated rings. The van der Waals surface area contributed by atoms with Crippen molar-refractivity contribution in [3.8, 4) is 0 Å². The van der Waals surface area contributed by atoms with Crippen LogP contribution in [0.5, 0.6) is 0 Å². The second-order valence-corrected chi connectivity index (χ2v) is 4.07. The molecule has 100 valence electrons. The average molecular weight is 253 g/mol. The maximum absolute atomic E-state index is 11.3. The molecule has 0 radical (unpaired) electrons. The van der Waals surface area contributed by atoms with Crippen LogP contribution in [-0.4, -0.2) is 40.3 Å². The smallest absolute Gasteiger partial charge is 0.358 e. The minimum atomic E-state index is -0.775. The lowest BCUT2D eigenvalue weighted by molar-refractivity contribution is 0.0456. The fraction of sp³-hybridized carbons (Fsp3) is 0.583. The van der Waals surface area contributed by atoms with E-state index in [1.54, 1.807) is 0 Å². The largest absolute Gasteiger partial charge is 0.464 e. The van der Waals surface area contributed by atoms with Gasteiger partial charge in [-0.1, -0.05) is 13.8 Å². The predicted octanol–water partition coefficient (Wildman–Crippen LogP) is 1.23. The molecule has 0 aliphatic heterocycles. The molecule has 0 aliphatic rings. The summed E-state index contributed by atoms with van der Waals surface area (Å²) in [5.41, 5.74) is -0.637. The number of methoxy groups -OCH3 is 1. The van der Waals surface area contributed by atoms with E-state index in [0.717, 1.165) is 0 Å². The lowest BCUT2D eigenvalue weighted by Crippen LogP contribution is -2.35. The van der Waals surface area contributed by atoms with E-state index in [9.17, 15) is 9.90 Å². The molecule has 0 saturated carbocycles. The Morgan fingerprint density at radius 3 is 2.67 bits per heavy atom. The number of carbonyl (C=O) groups is 1. The van der Waals surface area contributed by atoms with Crippen LogP contribution in [0.1, 0.15) is 37.2 Å². The molecule has 1 rings (SSSR count). The first-order valence-corrected chi connectivity index (χ1v) is 5.91. The number of rotatable bonds is 6. The second kappa shape index (κ2) is 6.30. The molecule has 1 aromatic rings. The van der Waals surface area contributed by atoms with Crippen LogP contribution < -0.4 is 5.32 Å². The topological polar surface area (TPSA) is 84.3 Å². The third kappa shape index (κ3) is 3.66. The normalized spacial score (nSPS) is 11.1. The standard InChI is InChI=1S/C12H19N3O3/c1-4-12(17,5-2)8-14-10-7-13-6-9(15-10)11(16)18-3/h6-7,17H,4-5,8H2,1-3H3,(H,14,15). The van der Waals surface area contributed by atoms with E-state index in [0.29, 0.717) is 25.2 Å². The lowest BCUT2D eigenvalue weighted by Gasteiger charge is -2.25. The van der Waals surface area contributed by atoms with Crippen LogP contribution in [-0.2, 0) is 4.74 Å². The fourth-order valence-electron chi connectivity index (χ4n) is 1.41. The van der Waals surface area contributed by atoms with Gasteiger partial charge in [-0.3, -0.25) is 4.98 Å². The number of aromatic nitrogens is 2. The van der Waals surface area contributed by atoms with Crippen LogP contribution >= 0.6 is 0 Å². The van der Waals surface area contributed by atoms with E-state index < -0.39 is 11.6 Å². The number of nitrogens with one attached hydrogen (secondary N) is 1. The number of hydrogen-bond donors (Lipinski definition) is 2. The number of hydrogen-bond acceptors (Lipinski definition) is 6. The summed E-state index contributed by atoms with van der Waals surface area (Å²) in [5, 5.41) is 13.1. The molecule has 0 amide bonds. The molecule has 6 nitrogen and oxygen atoms in total. The number of aliphatic hydroxyl groups is 1. The summed E-state index contributed by atoms with van der Waals surface area (Å²) < 4.78 is 4.56. The lowest BCUT2D eigenvalue weighted by atomic mass is 9.98. The average Bonchev–Trinajstić information content (AvgIpc) is 2.44. The van der Waals surface area contributed by atoms with E-state index in [4.69, 9.17) is 0 Å². The summed E-state index contributed by atoms with van der Waals surface area (Å²) >= 11 is 0. The summed E-state index contributed by atoms with van der Waals surface area (Å²) in [6, 6.07) is 0. The van der Waals surface area contributed by atoms with Gasteiger partial charge in [-0.2, -0.15) is 0 Å². The number of carbonyl (C=O) groups excluding carboxylic acids is 1. The summed E-state index contributed by atoms with van der Waals surface area (Å²) in [5.74, 6) is -0.0920. The molecular formula is C12H19N3O3. The first kappa shape index (κ1) is 14.4. The van der Waals surface area contributed by atoms with Gasteiger partial charge in [-0.05, 0) is 12.8 Å². The Labute approximate surface area is 106 Å².